The minimum absolute atomic E-state index is 0.0519. The van der Waals surface area contributed by atoms with Crippen molar-refractivity contribution >= 4 is 22.4 Å². The third-order valence-corrected chi connectivity index (χ3v) is 6.36. The van der Waals surface area contributed by atoms with E-state index in [0.29, 0.717) is 4.88 Å². The molecule has 2 aromatic rings. The predicted octanol–water partition coefficient (Wildman–Crippen LogP) is 2.68. The Morgan fingerprint density at radius 2 is 2.19 bits per heavy atom. The molecule has 0 bridgehead atoms. The molecule has 6 nitrogen and oxygen atoms in total. The fraction of sp³-hybridized carbons (Fsp3) is 0.500. The van der Waals surface area contributed by atoms with Gasteiger partial charge in [0.2, 0.25) is 0 Å². The van der Waals surface area contributed by atoms with Crippen molar-refractivity contribution in [1.82, 2.24) is 15.6 Å². The molecule has 1 fully saturated rings. The number of hydrogen-bond donors (Lipinski definition) is 2. The van der Waals surface area contributed by atoms with Gasteiger partial charge in [0.15, 0.2) is 5.13 Å². The molecule has 0 radical (unpaired) electrons. The molecule has 1 saturated heterocycles. The second kappa shape index (κ2) is 7.48. The summed E-state index contributed by atoms with van der Waals surface area (Å²) in [6, 6.07) is 6.13. The maximum Gasteiger partial charge on any atom is 0.263 e. The van der Waals surface area contributed by atoms with E-state index >= 15 is 0 Å². The molecular formula is C20H26N4O2S. The van der Waals surface area contributed by atoms with Crippen molar-refractivity contribution in [3.05, 3.63) is 39.9 Å². The highest BCUT2D eigenvalue weighted by Gasteiger charge is 2.23. The van der Waals surface area contributed by atoms with Crippen molar-refractivity contribution < 1.29 is 9.53 Å². The molecule has 2 atom stereocenters. The van der Waals surface area contributed by atoms with Gasteiger partial charge in [0, 0.05) is 32.6 Å². The van der Waals surface area contributed by atoms with E-state index in [4.69, 9.17) is 4.74 Å². The van der Waals surface area contributed by atoms with E-state index in [1.807, 2.05) is 26.0 Å². The number of ether oxygens (including phenoxy) is 1. The summed E-state index contributed by atoms with van der Waals surface area (Å²) in [5.74, 6) is 0.910. The molecule has 0 saturated carbocycles. The van der Waals surface area contributed by atoms with Gasteiger partial charge >= 0.3 is 0 Å². The third kappa shape index (κ3) is 3.80. The van der Waals surface area contributed by atoms with Crippen LogP contribution in [-0.2, 0) is 6.42 Å². The number of benzene rings is 1. The Labute approximate surface area is 163 Å². The quantitative estimate of drug-likeness (QED) is 0.846. The fourth-order valence-electron chi connectivity index (χ4n) is 3.64. The van der Waals surface area contributed by atoms with Crippen LogP contribution in [0.4, 0.5) is 5.13 Å². The van der Waals surface area contributed by atoms with Crippen LogP contribution in [0.5, 0.6) is 5.75 Å². The van der Waals surface area contributed by atoms with Gasteiger partial charge in [-0.15, -0.1) is 0 Å². The largest absolute Gasteiger partial charge is 0.490 e. The molecule has 0 spiro atoms. The van der Waals surface area contributed by atoms with Crippen LogP contribution in [0, 0.1) is 6.92 Å². The Hall–Kier alpha value is -2.12. The highest BCUT2D eigenvalue weighted by atomic mass is 32.1. The Morgan fingerprint density at radius 3 is 2.96 bits per heavy atom. The van der Waals surface area contributed by atoms with E-state index in [1.165, 1.54) is 16.9 Å². The minimum Gasteiger partial charge on any atom is -0.490 e. The molecule has 2 aliphatic heterocycles. The zero-order chi connectivity index (χ0) is 19.0. The standard InChI is InChI=1S/C20H26N4O2S/c1-12-10-16-11-15(4-5-17(16)26-12)13(2)22-19(25)18-14(3)23-20(27-18)24-8-6-21-7-9-24/h4-5,11-13,21H,6-10H2,1-3H3,(H,22,25)/t12?,13-/m0/s1. The molecule has 7 heteroatoms. The second-order valence-corrected chi connectivity index (χ2v) is 8.32. The predicted molar refractivity (Wildman–Crippen MR) is 108 cm³/mol. The Kier molecular flexibility index (Phi) is 5.06. The molecule has 3 heterocycles. The van der Waals surface area contributed by atoms with Crippen LogP contribution in [0.25, 0.3) is 0 Å². The summed E-state index contributed by atoms with van der Waals surface area (Å²) in [5.41, 5.74) is 3.12. The molecule has 144 valence electrons. The van der Waals surface area contributed by atoms with Crippen LogP contribution in [-0.4, -0.2) is 43.2 Å². The number of fused-ring (bicyclic) bond motifs is 1. The van der Waals surface area contributed by atoms with Gasteiger partial charge in [0.1, 0.15) is 16.7 Å². The van der Waals surface area contributed by atoms with Crippen LogP contribution >= 0.6 is 11.3 Å². The lowest BCUT2D eigenvalue weighted by Crippen LogP contribution is -2.43. The maximum atomic E-state index is 12.8. The van der Waals surface area contributed by atoms with Gasteiger partial charge in [-0.3, -0.25) is 4.79 Å². The summed E-state index contributed by atoms with van der Waals surface area (Å²) < 4.78 is 5.76. The van der Waals surface area contributed by atoms with Gasteiger partial charge in [0.05, 0.1) is 11.7 Å². The number of carbonyl (C=O) groups is 1. The number of piperazine rings is 1. The number of nitrogens with one attached hydrogen (secondary N) is 2. The first-order valence-corrected chi connectivity index (χ1v) is 10.4. The number of amides is 1. The number of aryl methyl sites for hydroxylation is 1. The summed E-state index contributed by atoms with van der Waals surface area (Å²) >= 11 is 1.49. The van der Waals surface area contributed by atoms with E-state index < -0.39 is 0 Å². The zero-order valence-electron chi connectivity index (χ0n) is 16.0. The molecule has 1 amide bonds. The van der Waals surface area contributed by atoms with E-state index in [9.17, 15) is 4.79 Å². The first kappa shape index (κ1) is 18.3. The number of thiazole rings is 1. The van der Waals surface area contributed by atoms with Crippen molar-refractivity contribution in [2.45, 2.75) is 39.3 Å². The molecule has 1 aromatic heterocycles. The lowest BCUT2D eigenvalue weighted by Gasteiger charge is -2.26. The topological polar surface area (TPSA) is 66.5 Å². The first-order chi connectivity index (χ1) is 13.0. The van der Waals surface area contributed by atoms with Crippen molar-refractivity contribution in [1.29, 1.82) is 0 Å². The molecule has 0 aliphatic carbocycles. The lowest BCUT2D eigenvalue weighted by molar-refractivity contribution is 0.0943. The number of carbonyl (C=O) groups excluding carboxylic acids is 1. The van der Waals surface area contributed by atoms with Gasteiger partial charge < -0.3 is 20.3 Å². The fourth-order valence-corrected chi connectivity index (χ4v) is 4.66. The van der Waals surface area contributed by atoms with Crippen molar-refractivity contribution in [3.63, 3.8) is 0 Å². The van der Waals surface area contributed by atoms with Crippen LogP contribution < -0.4 is 20.3 Å². The van der Waals surface area contributed by atoms with E-state index in [1.54, 1.807) is 0 Å². The Morgan fingerprint density at radius 1 is 1.41 bits per heavy atom. The molecule has 2 aliphatic rings. The molecule has 1 unspecified atom stereocenters. The Balaban J connectivity index is 1.46. The van der Waals surface area contributed by atoms with Crippen molar-refractivity contribution in [2.24, 2.45) is 0 Å². The molecular weight excluding hydrogens is 360 g/mol. The van der Waals surface area contributed by atoms with Gasteiger partial charge in [-0.25, -0.2) is 4.98 Å². The zero-order valence-corrected chi connectivity index (χ0v) is 16.9. The van der Waals surface area contributed by atoms with Crippen molar-refractivity contribution in [2.75, 3.05) is 31.1 Å². The SMILES string of the molecule is Cc1nc(N2CCNCC2)sc1C(=O)N[C@@H](C)c1ccc2c(c1)CC(C)O2. The molecule has 1 aromatic carbocycles. The second-order valence-electron chi connectivity index (χ2n) is 7.34. The third-order valence-electron chi connectivity index (χ3n) is 5.15. The normalized spacial score (nSPS) is 20.1. The minimum atomic E-state index is -0.0668. The van der Waals surface area contributed by atoms with Crippen LogP contribution in [0.1, 0.15) is 46.4 Å². The Bertz CT molecular complexity index is 845. The first-order valence-electron chi connectivity index (χ1n) is 9.54. The van der Waals surface area contributed by atoms with Gasteiger partial charge in [0.25, 0.3) is 5.91 Å². The molecule has 4 rings (SSSR count). The smallest absolute Gasteiger partial charge is 0.263 e. The number of nitrogens with zero attached hydrogens (tertiary/aromatic N) is 2. The van der Waals surface area contributed by atoms with Crippen molar-refractivity contribution in [3.8, 4) is 5.75 Å². The molecule has 27 heavy (non-hydrogen) atoms. The van der Waals surface area contributed by atoms with Crippen LogP contribution in [0.15, 0.2) is 18.2 Å². The molecule has 2 N–H and O–H groups in total. The number of aromatic nitrogens is 1. The average molecular weight is 387 g/mol. The van der Waals surface area contributed by atoms with E-state index in [0.717, 1.165) is 54.7 Å². The van der Waals surface area contributed by atoms with Gasteiger partial charge in [-0.2, -0.15) is 0 Å². The lowest BCUT2D eigenvalue weighted by atomic mass is 10.0. The highest BCUT2D eigenvalue weighted by molar-refractivity contribution is 7.17. The van der Waals surface area contributed by atoms with Gasteiger partial charge in [-0.1, -0.05) is 17.4 Å². The monoisotopic (exact) mass is 386 g/mol. The van der Waals surface area contributed by atoms with E-state index in [2.05, 4.69) is 33.5 Å². The summed E-state index contributed by atoms with van der Waals surface area (Å²) in [7, 11) is 0. The summed E-state index contributed by atoms with van der Waals surface area (Å²) in [6.07, 6.45) is 1.15. The number of anilines is 1. The summed E-state index contributed by atoms with van der Waals surface area (Å²) in [4.78, 5) is 20.4. The summed E-state index contributed by atoms with van der Waals surface area (Å²) in [5, 5.41) is 7.41. The van der Waals surface area contributed by atoms with E-state index in [-0.39, 0.29) is 18.1 Å². The highest BCUT2D eigenvalue weighted by Crippen LogP contribution is 2.31. The maximum absolute atomic E-state index is 12.8. The number of rotatable bonds is 4. The van der Waals surface area contributed by atoms with Crippen LogP contribution in [0.3, 0.4) is 0 Å². The summed E-state index contributed by atoms with van der Waals surface area (Å²) in [6.45, 7) is 9.78. The number of hydrogen-bond acceptors (Lipinski definition) is 6. The van der Waals surface area contributed by atoms with Crippen LogP contribution in [0.2, 0.25) is 0 Å². The van der Waals surface area contributed by atoms with Gasteiger partial charge in [-0.05, 0) is 44.0 Å². The average Bonchev–Trinajstić information content (AvgIpc) is 3.23.